The van der Waals surface area contributed by atoms with Crippen molar-refractivity contribution in [3.05, 3.63) is 38.8 Å². The van der Waals surface area contributed by atoms with Gasteiger partial charge in [-0.2, -0.15) is 0 Å². The SMILES string of the molecule is COc1cc(C(C)C)ccc1-c1csc(=O)[nH]1. The Kier molecular flexibility index (Phi) is 3.33. The van der Waals surface area contributed by atoms with Gasteiger partial charge in [-0.3, -0.25) is 4.79 Å². The second-order valence-corrected chi connectivity index (χ2v) is 5.02. The predicted octanol–water partition coefficient (Wildman–Crippen LogP) is 3.24. The zero-order valence-electron chi connectivity index (χ0n) is 10.1. The van der Waals surface area contributed by atoms with Crippen LogP contribution in [0.1, 0.15) is 25.3 Å². The molecule has 2 aromatic rings. The molecule has 4 heteroatoms. The van der Waals surface area contributed by atoms with Crippen LogP contribution in [0, 0.1) is 0 Å². The molecule has 0 amide bonds. The quantitative estimate of drug-likeness (QED) is 0.907. The van der Waals surface area contributed by atoms with Crippen LogP contribution in [0.3, 0.4) is 0 Å². The summed E-state index contributed by atoms with van der Waals surface area (Å²) in [5.74, 6) is 1.25. The van der Waals surface area contributed by atoms with Crippen LogP contribution >= 0.6 is 11.3 Å². The van der Waals surface area contributed by atoms with Gasteiger partial charge in [0.1, 0.15) is 5.75 Å². The number of aromatic amines is 1. The Balaban J connectivity index is 2.51. The van der Waals surface area contributed by atoms with E-state index in [-0.39, 0.29) is 4.87 Å². The molecule has 0 radical (unpaired) electrons. The maximum absolute atomic E-state index is 11.2. The van der Waals surface area contributed by atoms with E-state index in [2.05, 4.69) is 24.9 Å². The molecule has 0 saturated carbocycles. The first-order chi connectivity index (χ1) is 8.11. The molecule has 90 valence electrons. The first kappa shape index (κ1) is 11.9. The number of nitrogens with one attached hydrogen (secondary N) is 1. The van der Waals surface area contributed by atoms with Crippen molar-refractivity contribution in [1.29, 1.82) is 0 Å². The smallest absolute Gasteiger partial charge is 0.304 e. The Morgan fingerprint density at radius 3 is 2.65 bits per heavy atom. The molecule has 0 saturated heterocycles. The highest BCUT2D eigenvalue weighted by molar-refractivity contribution is 7.07. The number of methoxy groups -OCH3 is 1. The molecular weight excluding hydrogens is 234 g/mol. The molecule has 1 aromatic carbocycles. The largest absolute Gasteiger partial charge is 0.496 e. The summed E-state index contributed by atoms with van der Waals surface area (Å²) in [6.45, 7) is 4.28. The number of thiazole rings is 1. The minimum atomic E-state index is -0.0463. The van der Waals surface area contributed by atoms with E-state index in [4.69, 9.17) is 4.74 Å². The highest BCUT2D eigenvalue weighted by atomic mass is 32.1. The van der Waals surface area contributed by atoms with E-state index in [9.17, 15) is 4.79 Å². The van der Waals surface area contributed by atoms with Gasteiger partial charge in [0, 0.05) is 10.9 Å². The molecule has 2 rings (SSSR count). The van der Waals surface area contributed by atoms with E-state index in [0.29, 0.717) is 5.92 Å². The number of hydrogen-bond donors (Lipinski definition) is 1. The van der Waals surface area contributed by atoms with Crippen molar-refractivity contribution < 1.29 is 4.74 Å². The van der Waals surface area contributed by atoms with E-state index < -0.39 is 0 Å². The first-order valence-corrected chi connectivity index (χ1v) is 6.36. The van der Waals surface area contributed by atoms with Crippen LogP contribution in [0.25, 0.3) is 11.3 Å². The van der Waals surface area contributed by atoms with E-state index in [1.54, 1.807) is 7.11 Å². The summed E-state index contributed by atoms with van der Waals surface area (Å²) in [4.78, 5) is 13.9. The maximum Gasteiger partial charge on any atom is 0.304 e. The van der Waals surface area contributed by atoms with E-state index >= 15 is 0 Å². The summed E-state index contributed by atoms with van der Waals surface area (Å²) in [6, 6.07) is 6.08. The van der Waals surface area contributed by atoms with Gasteiger partial charge < -0.3 is 9.72 Å². The number of H-pyrrole nitrogens is 1. The zero-order chi connectivity index (χ0) is 12.4. The van der Waals surface area contributed by atoms with Gasteiger partial charge in [-0.1, -0.05) is 31.3 Å². The first-order valence-electron chi connectivity index (χ1n) is 5.48. The molecule has 1 N–H and O–H groups in total. The summed E-state index contributed by atoms with van der Waals surface area (Å²) in [7, 11) is 1.65. The third-order valence-electron chi connectivity index (χ3n) is 2.70. The molecule has 3 nitrogen and oxygen atoms in total. The van der Waals surface area contributed by atoms with Gasteiger partial charge in [0.2, 0.25) is 0 Å². The van der Waals surface area contributed by atoms with Crippen LogP contribution in [0.2, 0.25) is 0 Å². The molecule has 1 heterocycles. The standard InChI is InChI=1S/C13H15NO2S/c1-8(2)9-4-5-10(12(6-9)16-3)11-7-17-13(15)14-11/h4-8H,1-3H3,(H,14,15). The van der Waals surface area contributed by atoms with Crippen LogP contribution in [0.15, 0.2) is 28.4 Å². The third kappa shape index (κ3) is 2.42. The molecule has 0 spiro atoms. The van der Waals surface area contributed by atoms with Gasteiger partial charge in [0.05, 0.1) is 12.8 Å². The van der Waals surface area contributed by atoms with Gasteiger partial charge in [0.25, 0.3) is 0 Å². The monoisotopic (exact) mass is 249 g/mol. The molecule has 0 aliphatic carbocycles. The Hall–Kier alpha value is -1.55. The average molecular weight is 249 g/mol. The fourth-order valence-electron chi connectivity index (χ4n) is 1.70. The van der Waals surface area contributed by atoms with Crippen LogP contribution in [-0.4, -0.2) is 12.1 Å². The minimum Gasteiger partial charge on any atom is -0.496 e. The molecule has 1 aromatic heterocycles. The van der Waals surface area contributed by atoms with E-state index in [0.717, 1.165) is 28.3 Å². The molecular formula is C13H15NO2S. The minimum absolute atomic E-state index is 0.0463. The lowest BCUT2D eigenvalue weighted by atomic mass is 10.00. The second-order valence-electron chi connectivity index (χ2n) is 4.18. The number of rotatable bonds is 3. The molecule has 0 atom stereocenters. The molecule has 0 aliphatic heterocycles. The van der Waals surface area contributed by atoms with Crippen LogP contribution in [0.5, 0.6) is 5.75 Å². The van der Waals surface area contributed by atoms with Gasteiger partial charge in [-0.15, -0.1) is 0 Å². The van der Waals surface area contributed by atoms with Crippen molar-refractivity contribution in [1.82, 2.24) is 4.98 Å². The Bertz CT molecular complexity index is 569. The zero-order valence-corrected chi connectivity index (χ0v) is 10.9. The molecule has 0 fully saturated rings. The van der Waals surface area contributed by atoms with Crippen molar-refractivity contribution in [3.8, 4) is 17.0 Å². The Morgan fingerprint density at radius 2 is 2.12 bits per heavy atom. The van der Waals surface area contributed by atoms with Crippen molar-refractivity contribution in [2.45, 2.75) is 19.8 Å². The average Bonchev–Trinajstić information content (AvgIpc) is 2.74. The maximum atomic E-state index is 11.2. The number of ether oxygens (including phenoxy) is 1. The predicted molar refractivity (Wildman–Crippen MR) is 71.0 cm³/mol. The normalized spacial score (nSPS) is 10.8. The number of aromatic nitrogens is 1. The van der Waals surface area contributed by atoms with Crippen molar-refractivity contribution >= 4 is 11.3 Å². The topological polar surface area (TPSA) is 42.1 Å². The van der Waals surface area contributed by atoms with Crippen LogP contribution in [0.4, 0.5) is 0 Å². The third-order valence-corrected chi connectivity index (χ3v) is 3.37. The molecule has 0 unspecified atom stereocenters. The Labute approximate surface area is 104 Å². The van der Waals surface area contributed by atoms with E-state index in [1.165, 1.54) is 5.56 Å². The summed E-state index contributed by atoms with van der Waals surface area (Å²) in [5, 5.41) is 1.81. The summed E-state index contributed by atoms with van der Waals surface area (Å²) in [6.07, 6.45) is 0. The summed E-state index contributed by atoms with van der Waals surface area (Å²) in [5.41, 5.74) is 2.96. The van der Waals surface area contributed by atoms with Crippen molar-refractivity contribution in [3.63, 3.8) is 0 Å². The number of benzene rings is 1. The lowest BCUT2D eigenvalue weighted by molar-refractivity contribution is 0.415. The number of hydrogen-bond acceptors (Lipinski definition) is 3. The molecule has 17 heavy (non-hydrogen) atoms. The summed E-state index contributed by atoms with van der Waals surface area (Å²) < 4.78 is 5.38. The molecule has 0 bridgehead atoms. The lowest BCUT2D eigenvalue weighted by Crippen LogP contribution is -1.96. The summed E-state index contributed by atoms with van der Waals surface area (Å²) >= 11 is 1.16. The lowest BCUT2D eigenvalue weighted by Gasteiger charge is -2.11. The van der Waals surface area contributed by atoms with Crippen LogP contribution < -0.4 is 9.61 Å². The van der Waals surface area contributed by atoms with Gasteiger partial charge in [-0.05, 0) is 23.6 Å². The van der Waals surface area contributed by atoms with Gasteiger partial charge in [-0.25, -0.2) is 0 Å². The Morgan fingerprint density at radius 1 is 1.35 bits per heavy atom. The van der Waals surface area contributed by atoms with Gasteiger partial charge in [0.15, 0.2) is 0 Å². The van der Waals surface area contributed by atoms with Gasteiger partial charge >= 0.3 is 4.87 Å². The molecule has 0 aliphatic rings. The highest BCUT2D eigenvalue weighted by Crippen LogP contribution is 2.31. The fourth-order valence-corrected chi connectivity index (χ4v) is 2.28. The van der Waals surface area contributed by atoms with Crippen LogP contribution in [-0.2, 0) is 0 Å². The highest BCUT2D eigenvalue weighted by Gasteiger charge is 2.10. The van der Waals surface area contributed by atoms with Crippen molar-refractivity contribution in [2.24, 2.45) is 0 Å². The van der Waals surface area contributed by atoms with E-state index in [1.807, 2.05) is 17.5 Å². The fraction of sp³-hybridized carbons (Fsp3) is 0.308. The second kappa shape index (κ2) is 4.75. The van der Waals surface area contributed by atoms with Crippen molar-refractivity contribution in [2.75, 3.05) is 7.11 Å².